The molecule has 2 aromatic rings. The summed E-state index contributed by atoms with van der Waals surface area (Å²) >= 11 is 12.4. The molecule has 1 fully saturated rings. The van der Waals surface area contributed by atoms with E-state index in [2.05, 4.69) is 16.4 Å². The largest absolute Gasteiger partial charge is 0.376 e. The van der Waals surface area contributed by atoms with Crippen molar-refractivity contribution >= 4 is 23.2 Å². The van der Waals surface area contributed by atoms with E-state index >= 15 is 0 Å². The highest BCUT2D eigenvalue weighted by atomic mass is 35.5. The minimum absolute atomic E-state index is 0.272. The first kappa shape index (κ1) is 21.1. The zero-order valence-corrected chi connectivity index (χ0v) is 17.3. The van der Waals surface area contributed by atoms with Crippen molar-refractivity contribution in [3.05, 3.63) is 63.9 Å². The highest BCUT2D eigenvalue weighted by molar-refractivity contribution is 6.42. The number of nitrogens with zero attached hydrogens (tertiary/aromatic N) is 2. The monoisotopic (exact) mass is 417 g/mol. The van der Waals surface area contributed by atoms with Crippen molar-refractivity contribution < 1.29 is 4.74 Å². The maximum Gasteiger partial charge on any atom is 0.0863 e. The van der Waals surface area contributed by atoms with Crippen LogP contribution in [0.2, 0.25) is 10.0 Å². The van der Waals surface area contributed by atoms with Crippen molar-refractivity contribution in [2.45, 2.75) is 43.6 Å². The first-order valence-electron chi connectivity index (χ1n) is 9.71. The van der Waals surface area contributed by atoms with Gasteiger partial charge in [-0.15, -0.1) is 0 Å². The van der Waals surface area contributed by atoms with Crippen LogP contribution in [-0.4, -0.2) is 30.8 Å². The number of aromatic nitrogens is 1. The van der Waals surface area contributed by atoms with E-state index in [0.29, 0.717) is 16.5 Å². The van der Waals surface area contributed by atoms with Crippen LogP contribution >= 0.6 is 23.2 Å². The molecule has 148 valence electrons. The molecule has 0 spiro atoms. The minimum Gasteiger partial charge on any atom is -0.376 e. The molecule has 1 aromatic carbocycles. The number of pyridine rings is 1. The van der Waals surface area contributed by atoms with Gasteiger partial charge in [0.15, 0.2) is 0 Å². The van der Waals surface area contributed by atoms with Gasteiger partial charge in [-0.3, -0.25) is 4.98 Å². The first-order valence-corrected chi connectivity index (χ1v) is 10.5. The Labute approximate surface area is 176 Å². The summed E-state index contributed by atoms with van der Waals surface area (Å²) < 4.78 is 5.78. The summed E-state index contributed by atoms with van der Waals surface area (Å²) in [6.45, 7) is 2.61. The molecule has 2 atom stereocenters. The molecule has 6 heteroatoms. The lowest BCUT2D eigenvalue weighted by Crippen LogP contribution is -2.38. The quantitative estimate of drug-likeness (QED) is 0.617. The number of rotatable bonds is 8. The third-order valence-corrected chi connectivity index (χ3v) is 6.04. The van der Waals surface area contributed by atoms with E-state index in [1.165, 1.54) is 0 Å². The number of hydrogen-bond acceptors (Lipinski definition) is 4. The SMILES string of the molecule is N#CC(CCCCC1CNCCO1)(Cc1cccnc1)c1ccc(Cl)c(Cl)c1. The second kappa shape index (κ2) is 10.2. The lowest BCUT2D eigenvalue weighted by molar-refractivity contribution is 0.0219. The van der Waals surface area contributed by atoms with E-state index < -0.39 is 5.41 Å². The number of benzene rings is 1. The molecule has 2 heterocycles. The predicted molar refractivity (Wildman–Crippen MR) is 113 cm³/mol. The van der Waals surface area contributed by atoms with Crippen LogP contribution < -0.4 is 5.32 Å². The average Bonchev–Trinajstić information content (AvgIpc) is 2.74. The van der Waals surface area contributed by atoms with Gasteiger partial charge in [0, 0.05) is 25.5 Å². The Morgan fingerprint density at radius 2 is 2.14 bits per heavy atom. The molecule has 3 rings (SSSR count). The number of nitriles is 1. The molecule has 1 aliphatic rings. The molecule has 4 nitrogen and oxygen atoms in total. The van der Waals surface area contributed by atoms with Crippen LogP contribution in [0.4, 0.5) is 0 Å². The van der Waals surface area contributed by atoms with E-state index in [-0.39, 0.29) is 6.10 Å². The molecule has 2 unspecified atom stereocenters. The molecule has 1 aromatic heterocycles. The van der Waals surface area contributed by atoms with Gasteiger partial charge in [-0.25, -0.2) is 0 Å². The zero-order chi connectivity index (χ0) is 19.8. The topological polar surface area (TPSA) is 57.9 Å². The molecular formula is C22H25Cl2N3O. The molecule has 1 saturated heterocycles. The highest BCUT2D eigenvalue weighted by Crippen LogP contribution is 2.36. The van der Waals surface area contributed by atoms with Crippen molar-refractivity contribution in [1.82, 2.24) is 10.3 Å². The summed E-state index contributed by atoms with van der Waals surface area (Å²) in [5, 5.41) is 14.6. The fourth-order valence-corrected chi connectivity index (χ4v) is 4.04. The Balaban J connectivity index is 1.74. The predicted octanol–water partition coefficient (Wildman–Crippen LogP) is 4.94. The second-order valence-electron chi connectivity index (χ2n) is 7.30. The normalized spacial score (nSPS) is 19.0. The van der Waals surface area contributed by atoms with Crippen molar-refractivity contribution in [3.8, 4) is 6.07 Å². The zero-order valence-electron chi connectivity index (χ0n) is 15.8. The maximum absolute atomic E-state index is 10.2. The number of unbranched alkanes of at least 4 members (excludes halogenated alkanes) is 1. The van der Waals surface area contributed by atoms with E-state index in [1.807, 2.05) is 30.5 Å². The molecule has 0 amide bonds. The van der Waals surface area contributed by atoms with Gasteiger partial charge in [0.05, 0.1) is 34.2 Å². The van der Waals surface area contributed by atoms with Crippen LogP contribution in [0.25, 0.3) is 0 Å². The lowest BCUT2D eigenvalue weighted by Gasteiger charge is -2.28. The molecule has 1 aliphatic heterocycles. The summed E-state index contributed by atoms with van der Waals surface area (Å²) in [6.07, 6.45) is 8.14. The van der Waals surface area contributed by atoms with Crippen LogP contribution in [-0.2, 0) is 16.6 Å². The molecule has 28 heavy (non-hydrogen) atoms. The Morgan fingerprint density at radius 1 is 1.25 bits per heavy atom. The highest BCUT2D eigenvalue weighted by Gasteiger charge is 2.33. The molecule has 1 N–H and O–H groups in total. The molecular weight excluding hydrogens is 393 g/mol. The van der Waals surface area contributed by atoms with E-state index in [1.54, 1.807) is 12.3 Å². The smallest absolute Gasteiger partial charge is 0.0863 e. The third kappa shape index (κ3) is 5.46. The van der Waals surface area contributed by atoms with Gasteiger partial charge in [0.2, 0.25) is 0 Å². The Kier molecular flexibility index (Phi) is 7.70. The lowest BCUT2D eigenvalue weighted by atomic mass is 9.73. The minimum atomic E-state index is -0.664. The van der Waals surface area contributed by atoms with E-state index in [0.717, 1.165) is 56.5 Å². The summed E-state index contributed by atoms with van der Waals surface area (Å²) in [7, 11) is 0. The van der Waals surface area contributed by atoms with Gasteiger partial charge < -0.3 is 10.1 Å². The van der Waals surface area contributed by atoms with Crippen LogP contribution in [0.3, 0.4) is 0 Å². The standard InChI is InChI=1S/C22H25Cl2N3O/c23-20-7-6-18(12-21(20)24)22(16-25,13-17-4-3-9-26-14-17)8-2-1-5-19-15-27-10-11-28-19/h3-4,6-7,9,12,14,19,27H,1-2,5,8,10-11,13,15H2. The maximum atomic E-state index is 10.2. The molecule has 0 bridgehead atoms. The number of halogens is 2. The Morgan fingerprint density at radius 3 is 2.82 bits per heavy atom. The number of morpholine rings is 1. The van der Waals surface area contributed by atoms with Crippen LogP contribution in [0.5, 0.6) is 0 Å². The Bertz CT molecular complexity index is 803. The van der Waals surface area contributed by atoms with E-state index in [4.69, 9.17) is 27.9 Å². The second-order valence-corrected chi connectivity index (χ2v) is 8.12. The number of hydrogen-bond donors (Lipinski definition) is 1. The van der Waals surface area contributed by atoms with Gasteiger partial charge in [-0.05, 0) is 48.6 Å². The summed E-state index contributed by atoms with van der Waals surface area (Å²) in [5.74, 6) is 0. The van der Waals surface area contributed by atoms with Crippen LogP contribution in [0, 0.1) is 11.3 Å². The third-order valence-electron chi connectivity index (χ3n) is 5.30. The van der Waals surface area contributed by atoms with Crippen molar-refractivity contribution in [3.63, 3.8) is 0 Å². The van der Waals surface area contributed by atoms with Gasteiger partial charge in [-0.1, -0.05) is 48.2 Å². The summed E-state index contributed by atoms with van der Waals surface area (Å²) in [5.41, 5.74) is 1.28. The van der Waals surface area contributed by atoms with Gasteiger partial charge in [0.1, 0.15) is 0 Å². The van der Waals surface area contributed by atoms with Gasteiger partial charge >= 0.3 is 0 Å². The Hall–Kier alpha value is -1.64. The fraction of sp³-hybridized carbons (Fsp3) is 0.455. The molecule has 0 radical (unpaired) electrons. The number of nitrogens with one attached hydrogen (secondary N) is 1. The summed E-state index contributed by atoms with van der Waals surface area (Å²) in [4.78, 5) is 4.21. The number of ether oxygens (including phenoxy) is 1. The van der Waals surface area contributed by atoms with Crippen LogP contribution in [0.1, 0.15) is 36.8 Å². The van der Waals surface area contributed by atoms with Crippen molar-refractivity contribution in [2.75, 3.05) is 19.7 Å². The van der Waals surface area contributed by atoms with Crippen LogP contribution in [0.15, 0.2) is 42.7 Å². The van der Waals surface area contributed by atoms with Gasteiger partial charge in [-0.2, -0.15) is 5.26 Å². The fourth-order valence-electron chi connectivity index (χ4n) is 3.74. The molecule has 0 saturated carbocycles. The summed E-state index contributed by atoms with van der Waals surface area (Å²) in [6, 6.07) is 12.0. The first-order chi connectivity index (χ1) is 13.6. The average molecular weight is 418 g/mol. The van der Waals surface area contributed by atoms with E-state index in [9.17, 15) is 5.26 Å². The molecule has 0 aliphatic carbocycles. The van der Waals surface area contributed by atoms with Crippen molar-refractivity contribution in [2.24, 2.45) is 0 Å². The van der Waals surface area contributed by atoms with Gasteiger partial charge in [0.25, 0.3) is 0 Å². The van der Waals surface area contributed by atoms with Crippen molar-refractivity contribution in [1.29, 1.82) is 5.26 Å².